The molecular formula is C31H39N3O5S. The van der Waals surface area contributed by atoms with Gasteiger partial charge in [0.2, 0.25) is 21.8 Å². The number of nitrogens with one attached hydrogen (secondary N) is 1. The lowest BCUT2D eigenvalue weighted by Crippen LogP contribution is -2.54. The zero-order valence-corrected chi connectivity index (χ0v) is 24.9. The number of anilines is 1. The summed E-state index contributed by atoms with van der Waals surface area (Å²) >= 11 is 0. The number of amides is 2. The molecule has 0 aromatic heterocycles. The number of hydrogen-bond acceptors (Lipinski definition) is 5. The molecule has 40 heavy (non-hydrogen) atoms. The van der Waals surface area contributed by atoms with Crippen molar-refractivity contribution in [3.05, 3.63) is 95.6 Å². The van der Waals surface area contributed by atoms with Gasteiger partial charge in [0.05, 0.1) is 11.9 Å². The van der Waals surface area contributed by atoms with E-state index in [9.17, 15) is 18.0 Å². The molecular weight excluding hydrogens is 526 g/mol. The molecule has 0 heterocycles. The van der Waals surface area contributed by atoms with E-state index in [4.69, 9.17) is 4.74 Å². The van der Waals surface area contributed by atoms with E-state index in [0.717, 1.165) is 27.3 Å². The van der Waals surface area contributed by atoms with Gasteiger partial charge in [-0.05, 0) is 70.0 Å². The zero-order valence-electron chi connectivity index (χ0n) is 24.0. The topological polar surface area (TPSA) is 96.0 Å². The third-order valence-corrected chi connectivity index (χ3v) is 7.33. The molecule has 9 heteroatoms. The van der Waals surface area contributed by atoms with Crippen LogP contribution in [-0.4, -0.2) is 49.5 Å². The van der Waals surface area contributed by atoms with Crippen molar-refractivity contribution in [3.8, 4) is 5.75 Å². The van der Waals surface area contributed by atoms with Crippen LogP contribution in [0.3, 0.4) is 0 Å². The molecule has 0 aliphatic rings. The van der Waals surface area contributed by atoms with Crippen LogP contribution in [0, 0.1) is 6.92 Å². The Hall–Kier alpha value is -3.85. The summed E-state index contributed by atoms with van der Waals surface area (Å²) in [4.78, 5) is 28.2. The van der Waals surface area contributed by atoms with Crippen LogP contribution in [0.2, 0.25) is 0 Å². The van der Waals surface area contributed by atoms with E-state index in [-0.39, 0.29) is 12.5 Å². The molecule has 3 aromatic carbocycles. The summed E-state index contributed by atoms with van der Waals surface area (Å²) in [6.07, 6.45) is 1.06. The van der Waals surface area contributed by atoms with Crippen LogP contribution < -0.4 is 14.4 Å². The van der Waals surface area contributed by atoms with Crippen molar-refractivity contribution in [2.45, 2.75) is 59.4 Å². The minimum absolute atomic E-state index is 0.154. The van der Waals surface area contributed by atoms with Crippen molar-refractivity contribution in [1.29, 1.82) is 0 Å². The van der Waals surface area contributed by atoms with Gasteiger partial charge in [0.1, 0.15) is 24.9 Å². The second kappa shape index (κ2) is 13.0. The Labute approximate surface area is 238 Å². The third kappa shape index (κ3) is 9.12. The molecule has 0 aliphatic carbocycles. The summed E-state index contributed by atoms with van der Waals surface area (Å²) in [6, 6.07) is 23.1. The minimum atomic E-state index is -3.82. The summed E-state index contributed by atoms with van der Waals surface area (Å²) in [7, 11) is -3.82. The van der Waals surface area contributed by atoms with E-state index >= 15 is 0 Å². The molecule has 0 saturated carbocycles. The number of ether oxygens (including phenoxy) is 1. The highest BCUT2D eigenvalue weighted by atomic mass is 32.2. The lowest BCUT2D eigenvalue weighted by Gasteiger charge is -2.33. The monoisotopic (exact) mass is 565 g/mol. The summed E-state index contributed by atoms with van der Waals surface area (Å²) < 4.78 is 32.5. The highest BCUT2D eigenvalue weighted by molar-refractivity contribution is 7.92. The first-order valence-electron chi connectivity index (χ1n) is 13.1. The van der Waals surface area contributed by atoms with Gasteiger partial charge >= 0.3 is 0 Å². The van der Waals surface area contributed by atoms with Crippen molar-refractivity contribution in [2.75, 3.05) is 17.1 Å². The number of carbonyl (C=O) groups excluding carboxylic acids is 2. The first-order valence-corrected chi connectivity index (χ1v) is 15.0. The molecule has 8 nitrogen and oxygen atoms in total. The molecule has 214 valence electrons. The molecule has 2 amide bonds. The maximum atomic E-state index is 13.7. The molecule has 3 aromatic rings. The number of sulfonamides is 1. The number of benzene rings is 3. The van der Waals surface area contributed by atoms with Crippen LogP contribution in [0.4, 0.5) is 5.69 Å². The van der Waals surface area contributed by atoms with E-state index in [1.165, 1.54) is 4.90 Å². The lowest BCUT2D eigenvalue weighted by atomic mass is 10.1. The molecule has 1 N–H and O–H groups in total. The van der Waals surface area contributed by atoms with Crippen LogP contribution in [0.15, 0.2) is 78.9 Å². The fourth-order valence-electron chi connectivity index (χ4n) is 4.01. The summed E-state index contributed by atoms with van der Waals surface area (Å²) in [5, 5.41) is 2.92. The quantitative estimate of drug-likeness (QED) is 0.365. The summed E-state index contributed by atoms with van der Waals surface area (Å²) in [5.41, 5.74) is 2.74. The van der Waals surface area contributed by atoms with E-state index < -0.39 is 34.1 Å². The van der Waals surface area contributed by atoms with Gasteiger partial charge in [-0.25, -0.2) is 8.42 Å². The normalized spacial score (nSPS) is 12.3. The number of nitrogens with zero attached hydrogens (tertiary/aromatic N) is 2. The number of carbonyl (C=O) groups is 2. The van der Waals surface area contributed by atoms with Gasteiger partial charge in [-0.15, -0.1) is 0 Å². The molecule has 0 radical (unpaired) electrons. The predicted octanol–water partition coefficient (Wildman–Crippen LogP) is 4.67. The van der Waals surface area contributed by atoms with Gasteiger partial charge in [-0.1, -0.05) is 60.2 Å². The fraction of sp³-hybridized carbons (Fsp3) is 0.355. The van der Waals surface area contributed by atoms with Crippen molar-refractivity contribution in [2.24, 2.45) is 0 Å². The standard InChI is InChI=1S/C31H39N3O5S/c1-23-12-14-25(15-13-23)20-33(24(2)30(36)32-31(3,4)5)29(35)21-34(40(6,37)38)27-16-18-28(19-17-27)39-22-26-10-8-7-9-11-26/h7-19,24H,20-22H2,1-6H3,(H,32,36)/t24-/m1/s1. The van der Waals surface area contributed by atoms with E-state index in [2.05, 4.69) is 5.32 Å². The van der Waals surface area contributed by atoms with Crippen molar-refractivity contribution in [3.63, 3.8) is 0 Å². The maximum absolute atomic E-state index is 13.7. The molecule has 3 rings (SSSR count). The van der Waals surface area contributed by atoms with E-state index in [0.29, 0.717) is 18.0 Å². The molecule has 0 bridgehead atoms. The van der Waals surface area contributed by atoms with Crippen LogP contribution in [-0.2, 0) is 32.8 Å². The molecule has 1 atom stereocenters. The molecule has 0 aliphatic heterocycles. The van der Waals surface area contributed by atoms with Crippen molar-refractivity contribution >= 4 is 27.5 Å². The van der Waals surface area contributed by atoms with Gasteiger partial charge in [0.25, 0.3) is 0 Å². The van der Waals surface area contributed by atoms with Gasteiger partial charge < -0.3 is 15.0 Å². The minimum Gasteiger partial charge on any atom is -0.489 e. The SMILES string of the molecule is Cc1ccc(CN(C(=O)CN(c2ccc(OCc3ccccc3)cc2)S(C)(=O)=O)[C@H](C)C(=O)NC(C)(C)C)cc1. The van der Waals surface area contributed by atoms with Crippen LogP contribution in [0.25, 0.3) is 0 Å². The Balaban J connectivity index is 1.83. The second-order valence-corrected chi connectivity index (χ2v) is 12.9. The highest BCUT2D eigenvalue weighted by Crippen LogP contribution is 2.23. The van der Waals surface area contributed by atoms with Gasteiger partial charge in [0, 0.05) is 12.1 Å². The summed E-state index contributed by atoms with van der Waals surface area (Å²) in [6.45, 7) is 9.28. The Bertz CT molecular complexity index is 1380. The molecule has 0 unspecified atom stereocenters. The first-order chi connectivity index (χ1) is 18.7. The average molecular weight is 566 g/mol. The fourth-order valence-corrected chi connectivity index (χ4v) is 4.86. The van der Waals surface area contributed by atoms with Gasteiger partial charge in [0.15, 0.2) is 0 Å². The Morgan fingerprint density at radius 1 is 0.900 bits per heavy atom. The number of rotatable bonds is 11. The van der Waals surface area contributed by atoms with E-state index in [1.54, 1.807) is 31.2 Å². The van der Waals surface area contributed by atoms with Crippen LogP contribution in [0.5, 0.6) is 5.75 Å². The van der Waals surface area contributed by atoms with Crippen molar-refractivity contribution in [1.82, 2.24) is 10.2 Å². The lowest BCUT2D eigenvalue weighted by molar-refractivity contribution is -0.140. The largest absolute Gasteiger partial charge is 0.489 e. The molecule has 0 saturated heterocycles. The Morgan fingerprint density at radius 3 is 2.05 bits per heavy atom. The summed E-state index contributed by atoms with van der Waals surface area (Å²) in [5.74, 6) is -0.244. The first kappa shape index (κ1) is 30.7. The number of hydrogen-bond donors (Lipinski definition) is 1. The molecule has 0 spiro atoms. The second-order valence-electron chi connectivity index (χ2n) is 11.0. The van der Waals surface area contributed by atoms with E-state index in [1.807, 2.05) is 82.3 Å². The Morgan fingerprint density at radius 2 is 1.50 bits per heavy atom. The van der Waals surface area contributed by atoms with Crippen LogP contribution in [0.1, 0.15) is 44.4 Å². The Kier molecular flexibility index (Phi) is 9.98. The van der Waals surface area contributed by atoms with Gasteiger partial charge in [-0.2, -0.15) is 0 Å². The highest BCUT2D eigenvalue weighted by Gasteiger charge is 2.31. The zero-order chi connectivity index (χ0) is 29.5. The van der Waals surface area contributed by atoms with Crippen LogP contribution >= 0.6 is 0 Å². The number of aryl methyl sites for hydroxylation is 1. The predicted molar refractivity (Wildman–Crippen MR) is 158 cm³/mol. The van der Waals surface area contributed by atoms with Gasteiger partial charge in [-0.3, -0.25) is 13.9 Å². The smallest absolute Gasteiger partial charge is 0.244 e. The maximum Gasteiger partial charge on any atom is 0.244 e. The van der Waals surface area contributed by atoms with Crippen molar-refractivity contribution < 1.29 is 22.7 Å². The average Bonchev–Trinajstić information content (AvgIpc) is 2.89. The third-order valence-electron chi connectivity index (χ3n) is 6.19. The molecule has 0 fully saturated rings.